The Labute approximate surface area is 159 Å². The zero-order valence-electron chi connectivity index (χ0n) is 15.0. The highest BCUT2D eigenvalue weighted by atomic mass is 32.2. The second kappa shape index (κ2) is 7.32. The van der Waals surface area contributed by atoms with E-state index in [1.165, 1.54) is 11.8 Å². The zero-order chi connectivity index (χ0) is 18.8. The topological polar surface area (TPSA) is 89.3 Å². The molecule has 0 fully saturated rings. The number of hydrogen-bond acceptors (Lipinski definition) is 6. The summed E-state index contributed by atoms with van der Waals surface area (Å²) in [7, 11) is 0. The van der Waals surface area contributed by atoms with E-state index in [2.05, 4.69) is 25.5 Å². The molecule has 0 atom stereocenters. The molecule has 2 heterocycles. The number of tetrazole rings is 1. The minimum Gasteiger partial charge on any atom is -0.310 e. The Hall–Kier alpha value is -3.00. The Kier molecular flexibility index (Phi) is 4.72. The molecule has 0 amide bonds. The van der Waals surface area contributed by atoms with E-state index in [0.29, 0.717) is 28.9 Å². The first-order valence-electron chi connectivity index (χ1n) is 8.59. The van der Waals surface area contributed by atoms with Gasteiger partial charge in [0.2, 0.25) is 5.16 Å². The number of nitrogens with zero attached hydrogens (tertiary/aromatic N) is 5. The molecule has 1 N–H and O–H groups in total. The molecule has 0 saturated carbocycles. The third-order valence-electron chi connectivity index (χ3n) is 4.32. The van der Waals surface area contributed by atoms with Crippen LogP contribution in [0.5, 0.6) is 0 Å². The molecule has 2 aromatic carbocycles. The highest BCUT2D eigenvalue weighted by molar-refractivity contribution is 7.99. The van der Waals surface area contributed by atoms with Gasteiger partial charge in [0.15, 0.2) is 0 Å². The summed E-state index contributed by atoms with van der Waals surface area (Å²) >= 11 is 1.54. The Morgan fingerprint density at radius 1 is 1.07 bits per heavy atom. The first-order chi connectivity index (χ1) is 13.1. The van der Waals surface area contributed by atoms with E-state index < -0.39 is 0 Å². The number of aryl methyl sites for hydroxylation is 3. The Balaban J connectivity index is 1.53. The molecule has 0 aliphatic carbocycles. The van der Waals surface area contributed by atoms with Crippen molar-refractivity contribution in [1.82, 2.24) is 30.2 Å². The first-order valence-corrected chi connectivity index (χ1v) is 9.58. The summed E-state index contributed by atoms with van der Waals surface area (Å²) in [5, 5.41) is 13.4. The van der Waals surface area contributed by atoms with Crippen LogP contribution in [0.3, 0.4) is 0 Å². The molecule has 0 aliphatic heterocycles. The van der Waals surface area contributed by atoms with Crippen molar-refractivity contribution in [1.29, 1.82) is 0 Å². The number of benzene rings is 2. The summed E-state index contributed by atoms with van der Waals surface area (Å²) in [6, 6.07) is 13.5. The summed E-state index contributed by atoms with van der Waals surface area (Å²) < 4.78 is 1.77. The number of rotatable bonds is 5. The Morgan fingerprint density at radius 3 is 2.67 bits per heavy atom. The molecule has 27 heavy (non-hydrogen) atoms. The van der Waals surface area contributed by atoms with Crippen LogP contribution in [0.1, 0.15) is 17.0 Å². The van der Waals surface area contributed by atoms with Gasteiger partial charge in [0.25, 0.3) is 5.56 Å². The molecule has 0 bridgehead atoms. The highest BCUT2D eigenvalue weighted by Gasteiger charge is 2.13. The van der Waals surface area contributed by atoms with Crippen LogP contribution in [0.4, 0.5) is 0 Å². The van der Waals surface area contributed by atoms with Crippen molar-refractivity contribution in [3.05, 3.63) is 69.8 Å². The third-order valence-corrected chi connectivity index (χ3v) is 5.25. The number of aromatic nitrogens is 6. The van der Waals surface area contributed by atoms with Crippen molar-refractivity contribution in [3.63, 3.8) is 0 Å². The molecule has 7 nitrogen and oxygen atoms in total. The predicted octanol–water partition coefficient (Wildman–Crippen LogP) is 2.85. The van der Waals surface area contributed by atoms with Gasteiger partial charge >= 0.3 is 0 Å². The number of aromatic amines is 1. The average Bonchev–Trinajstić information content (AvgIpc) is 3.10. The second-order valence-corrected chi connectivity index (χ2v) is 7.30. The summed E-state index contributed by atoms with van der Waals surface area (Å²) in [6.45, 7) is 4.09. The maximum absolute atomic E-state index is 12.2. The van der Waals surface area contributed by atoms with Gasteiger partial charge in [0.1, 0.15) is 5.82 Å². The second-order valence-electron chi connectivity index (χ2n) is 6.24. The van der Waals surface area contributed by atoms with E-state index >= 15 is 0 Å². The minimum absolute atomic E-state index is 0.110. The monoisotopic (exact) mass is 378 g/mol. The lowest BCUT2D eigenvalue weighted by molar-refractivity contribution is 0.747. The van der Waals surface area contributed by atoms with Crippen molar-refractivity contribution in [2.75, 3.05) is 5.75 Å². The molecule has 0 unspecified atom stereocenters. The Morgan fingerprint density at radius 2 is 1.85 bits per heavy atom. The van der Waals surface area contributed by atoms with Crippen molar-refractivity contribution >= 4 is 22.7 Å². The molecule has 136 valence electrons. The van der Waals surface area contributed by atoms with Crippen molar-refractivity contribution < 1.29 is 0 Å². The maximum Gasteiger partial charge on any atom is 0.258 e. The number of hydrogen-bond donors (Lipinski definition) is 1. The van der Waals surface area contributed by atoms with Gasteiger partial charge < -0.3 is 4.98 Å². The standard InChI is InChI=1S/C19H18N6OS/c1-12-6-5-7-13(2)17(12)25-19(22-23-24-25)27-11-10-16-20-15-9-4-3-8-14(15)18(26)21-16/h3-9H,10-11H2,1-2H3,(H,20,21,26). The van der Waals surface area contributed by atoms with Crippen LogP contribution < -0.4 is 5.56 Å². The molecule has 4 aromatic rings. The van der Waals surface area contributed by atoms with Gasteiger partial charge in [-0.3, -0.25) is 4.79 Å². The van der Waals surface area contributed by atoms with E-state index in [9.17, 15) is 4.79 Å². The van der Waals surface area contributed by atoms with Crippen LogP contribution in [0, 0.1) is 13.8 Å². The fourth-order valence-electron chi connectivity index (χ4n) is 3.04. The molecular weight excluding hydrogens is 360 g/mol. The minimum atomic E-state index is -0.110. The van der Waals surface area contributed by atoms with Crippen LogP contribution in [-0.4, -0.2) is 35.9 Å². The normalized spacial score (nSPS) is 11.2. The SMILES string of the molecule is Cc1cccc(C)c1-n1nnnc1SCCc1nc2ccccc2c(=O)[nH]1. The van der Waals surface area contributed by atoms with Crippen molar-refractivity contribution in [2.24, 2.45) is 0 Å². The van der Waals surface area contributed by atoms with E-state index in [0.717, 1.165) is 22.0 Å². The van der Waals surface area contributed by atoms with Crippen molar-refractivity contribution in [3.8, 4) is 5.69 Å². The van der Waals surface area contributed by atoms with Crippen LogP contribution in [-0.2, 0) is 6.42 Å². The van der Waals surface area contributed by atoms with Gasteiger partial charge in [-0.1, -0.05) is 42.1 Å². The summed E-state index contributed by atoms with van der Waals surface area (Å²) in [4.78, 5) is 19.6. The predicted molar refractivity (Wildman–Crippen MR) is 105 cm³/mol. The number of thioether (sulfide) groups is 1. The van der Waals surface area contributed by atoms with Gasteiger partial charge in [-0.2, -0.15) is 4.68 Å². The van der Waals surface area contributed by atoms with Crippen LogP contribution in [0.2, 0.25) is 0 Å². The van der Waals surface area contributed by atoms with Gasteiger partial charge in [-0.25, -0.2) is 4.98 Å². The van der Waals surface area contributed by atoms with E-state index in [1.54, 1.807) is 10.7 Å². The quantitative estimate of drug-likeness (QED) is 0.537. The molecule has 0 radical (unpaired) electrons. The number of fused-ring (bicyclic) bond motifs is 1. The maximum atomic E-state index is 12.2. The number of para-hydroxylation sites is 2. The van der Waals surface area contributed by atoms with Crippen LogP contribution in [0.15, 0.2) is 52.4 Å². The van der Waals surface area contributed by atoms with E-state index in [1.807, 2.05) is 50.2 Å². The lowest BCUT2D eigenvalue weighted by Crippen LogP contribution is -2.12. The Bertz CT molecular complexity index is 1150. The van der Waals surface area contributed by atoms with Gasteiger partial charge in [0.05, 0.1) is 16.6 Å². The fraction of sp³-hybridized carbons (Fsp3) is 0.211. The molecule has 0 aliphatic rings. The number of nitrogens with one attached hydrogen (secondary N) is 1. The van der Waals surface area contributed by atoms with Gasteiger partial charge in [-0.05, 0) is 47.5 Å². The first kappa shape index (κ1) is 17.4. The largest absolute Gasteiger partial charge is 0.310 e. The lowest BCUT2D eigenvalue weighted by Gasteiger charge is -2.10. The van der Waals surface area contributed by atoms with Crippen LogP contribution >= 0.6 is 11.8 Å². The van der Waals surface area contributed by atoms with Crippen molar-refractivity contribution in [2.45, 2.75) is 25.4 Å². The zero-order valence-corrected chi connectivity index (χ0v) is 15.8. The number of H-pyrrole nitrogens is 1. The summed E-state index contributed by atoms with van der Waals surface area (Å²) in [6.07, 6.45) is 0.615. The highest BCUT2D eigenvalue weighted by Crippen LogP contribution is 2.23. The van der Waals surface area contributed by atoms with Gasteiger partial charge in [0, 0.05) is 12.2 Å². The van der Waals surface area contributed by atoms with Crippen LogP contribution in [0.25, 0.3) is 16.6 Å². The molecule has 8 heteroatoms. The smallest absolute Gasteiger partial charge is 0.258 e. The molecule has 0 saturated heterocycles. The van der Waals surface area contributed by atoms with E-state index in [-0.39, 0.29) is 5.56 Å². The molecule has 4 rings (SSSR count). The molecule has 2 aromatic heterocycles. The summed E-state index contributed by atoms with van der Waals surface area (Å²) in [5.41, 5.74) is 3.83. The molecular formula is C19H18N6OS. The third kappa shape index (κ3) is 3.48. The van der Waals surface area contributed by atoms with Gasteiger partial charge in [-0.15, -0.1) is 5.10 Å². The lowest BCUT2D eigenvalue weighted by atomic mass is 10.1. The molecule has 0 spiro atoms. The summed E-state index contributed by atoms with van der Waals surface area (Å²) in [5.74, 6) is 1.37. The average molecular weight is 378 g/mol. The fourth-order valence-corrected chi connectivity index (χ4v) is 3.86. The van der Waals surface area contributed by atoms with E-state index in [4.69, 9.17) is 0 Å².